The Morgan fingerprint density at radius 2 is 1.82 bits per heavy atom. The molecule has 0 amide bonds. The van der Waals surface area contributed by atoms with E-state index in [4.69, 9.17) is 18.9 Å². The van der Waals surface area contributed by atoms with Gasteiger partial charge in [-0.1, -0.05) is 19.9 Å². The number of hydrogen-bond donors (Lipinski definition) is 0. The second-order valence-corrected chi connectivity index (χ2v) is 8.04. The topological polar surface area (TPSA) is 40.2 Å². The van der Waals surface area contributed by atoms with Gasteiger partial charge in [-0.3, -0.25) is 4.90 Å². The molecule has 2 aliphatic heterocycles. The van der Waals surface area contributed by atoms with Gasteiger partial charge in [0.15, 0.2) is 23.0 Å². The first-order valence-corrected chi connectivity index (χ1v) is 9.93. The van der Waals surface area contributed by atoms with Crippen molar-refractivity contribution in [2.45, 2.75) is 32.7 Å². The Labute approximate surface area is 167 Å². The molecule has 4 rings (SSSR count). The summed E-state index contributed by atoms with van der Waals surface area (Å²) in [4.78, 5) is 2.41. The molecule has 2 heterocycles. The van der Waals surface area contributed by atoms with Crippen molar-refractivity contribution in [3.05, 3.63) is 41.0 Å². The summed E-state index contributed by atoms with van der Waals surface area (Å²) in [7, 11) is 5.50. The van der Waals surface area contributed by atoms with Gasteiger partial charge in [0, 0.05) is 29.8 Å². The third-order valence-corrected chi connectivity index (χ3v) is 5.61. The first-order chi connectivity index (χ1) is 13.5. The predicted octanol–water partition coefficient (Wildman–Crippen LogP) is 4.62. The highest BCUT2D eigenvalue weighted by atomic mass is 16.5. The fourth-order valence-corrected chi connectivity index (χ4v) is 4.09. The molecule has 0 aliphatic carbocycles. The Morgan fingerprint density at radius 3 is 2.54 bits per heavy atom. The van der Waals surface area contributed by atoms with E-state index in [-0.39, 0.29) is 6.04 Å². The van der Waals surface area contributed by atoms with Gasteiger partial charge < -0.3 is 18.9 Å². The standard InChI is InChI=1S/C23H29NO4/c1-14(2)13-27-18-7-6-15-8-9-24(3)17-10-16-11-20(25-4)21(26-5)12-19(16)28-23(18)22(15)17/h6-7,11-12,14,17H,8-10,13H2,1-5H3. The van der Waals surface area contributed by atoms with E-state index in [9.17, 15) is 0 Å². The Balaban J connectivity index is 1.86. The van der Waals surface area contributed by atoms with Crippen LogP contribution in [0.3, 0.4) is 0 Å². The molecular formula is C23H29NO4. The maximum atomic E-state index is 6.52. The van der Waals surface area contributed by atoms with E-state index in [1.165, 1.54) is 11.1 Å². The van der Waals surface area contributed by atoms with Gasteiger partial charge in [0.05, 0.1) is 20.8 Å². The van der Waals surface area contributed by atoms with Crippen LogP contribution in [0.5, 0.6) is 28.7 Å². The Hall–Kier alpha value is -2.40. The number of fused-ring (bicyclic) bond motifs is 1. The molecule has 0 fully saturated rings. The van der Waals surface area contributed by atoms with Crippen LogP contribution in [0.2, 0.25) is 0 Å². The minimum absolute atomic E-state index is 0.251. The van der Waals surface area contributed by atoms with E-state index in [0.717, 1.165) is 47.9 Å². The lowest BCUT2D eigenvalue weighted by Crippen LogP contribution is -2.33. The number of rotatable bonds is 5. The number of hydrogen-bond acceptors (Lipinski definition) is 5. The molecule has 2 aromatic carbocycles. The second-order valence-electron chi connectivity index (χ2n) is 8.04. The Kier molecular flexibility index (Phi) is 5.11. The van der Waals surface area contributed by atoms with E-state index in [2.05, 4.69) is 37.9 Å². The average Bonchev–Trinajstić information content (AvgIpc) is 2.86. The van der Waals surface area contributed by atoms with Gasteiger partial charge in [-0.25, -0.2) is 0 Å². The van der Waals surface area contributed by atoms with Crippen LogP contribution in [0, 0.1) is 5.92 Å². The summed E-state index contributed by atoms with van der Waals surface area (Å²) in [6, 6.07) is 8.48. The summed E-state index contributed by atoms with van der Waals surface area (Å²) < 4.78 is 23.7. The van der Waals surface area contributed by atoms with Crippen LogP contribution in [-0.4, -0.2) is 39.3 Å². The Bertz CT molecular complexity index is 877. The molecule has 5 heteroatoms. The van der Waals surface area contributed by atoms with Crippen molar-refractivity contribution in [1.82, 2.24) is 4.90 Å². The van der Waals surface area contributed by atoms with Crippen molar-refractivity contribution in [2.24, 2.45) is 5.92 Å². The highest BCUT2D eigenvalue weighted by molar-refractivity contribution is 5.60. The maximum Gasteiger partial charge on any atom is 0.174 e. The van der Waals surface area contributed by atoms with Gasteiger partial charge in [0.25, 0.3) is 0 Å². The lowest BCUT2D eigenvalue weighted by atomic mass is 9.88. The molecule has 0 spiro atoms. The number of likely N-dealkylation sites (N-methyl/N-ethyl adjacent to an activating group) is 1. The molecule has 0 bridgehead atoms. The third kappa shape index (κ3) is 3.28. The number of ether oxygens (including phenoxy) is 4. The van der Waals surface area contributed by atoms with Crippen molar-refractivity contribution in [1.29, 1.82) is 0 Å². The summed E-state index contributed by atoms with van der Waals surface area (Å²) in [6.45, 7) is 6.00. The molecule has 0 radical (unpaired) electrons. The summed E-state index contributed by atoms with van der Waals surface area (Å²) in [5, 5.41) is 0. The molecule has 28 heavy (non-hydrogen) atoms. The lowest BCUT2D eigenvalue weighted by molar-refractivity contribution is 0.224. The molecule has 1 atom stereocenters. The van der Waals surface area contributed by atoms with Crippen LogP contribution in [0.1, 0.15) is 36.6 Å². The van der Waals surface area contributed by atoms with Gasteiger partial charge in [0.1, 0.15) is 5.75 Å². The number of methoxy groups -OCH3 is 2. The zero-order valence-electron chi connectivity index (χ0n) is 17.4. The molecule has 2 aromatic rings. The monoisotopic (exact) mass is 383 g/mol. The van der Waals surface area contributed by atoms with Crippen molar-refractivity contribution in [3.8, 4) is 28.7 Å². The van der Waals surface area contributed by atoms with Crippen LogP contribution >= 0.6 is 0 Å². The van der Waals surface area contributed by atoms with Crippen molar-refractivity contribution < 1.29 is 18.9 Å². The number of nitrogens with zero attached hydrogens (tertiary/aromatic N) is 1. The molecule has 150 valence electrons. The molecule has 0 saturated carbocycles. The van der Waals surface area contributed by atoms with Crippen LogP contribution in [-0.2, 0) is 12.8 Å². The van der Waals surface area contributed by atoms with E-state index >= 15 is 0 Å². The van der Waals surface area contributed by atoms with Gasteiger partial charge in [-0.15, -0.1) is 0 Å². The molecule has 2 aliphatic rings. The summed E-state index contributed by atoms with van der Waals surface area (Å²) in [6.07, 6.45) is 1.88. The first-order valence-electron chi connectivity index (χ1n) is 9.93. The minimum Gasteiger partial charge on any atom is -0.493 e. The zero-order valence-corrected chi connectivity index (χ0v) is 17.4. The summed E-state index contributed by atoms with van der Waals surface area (Å²) >= 11 is 0. The summed E-state index contributed by atoms with van der Waals surface area (Å²) in [5.74, 6) is 4.32. The Morgan fingerprint density at radius 1 is 1.07 bits per heavy atom. The van der Waals surface area contributed by atoms with Gasteiger partial charge >= 0.3 is 0 Å². The van der Waals surface area contributed by atoms with Crippen molar-refractivity contribution in [3.63, 3.8) is 0 Å². The fraction of sp³-hybridized carbons (Fsp3) is 0.478. The molecular weight excluding hydrogens is 354 g/mol. The molecule has 1 unspecified atom stereocenters. The van der Waals surface area contributed by atoms with Gasteiger partial charge in [-0.05, 0) is 43.5 Å². The molecule has 0 aromatic heterocycles. The van der Waals surface area contributed by atoms with Crippen LogP contribution in [0.15, 0.2) is 24.3 Å². The van der Waals surface area contributed by atoms with Crippen LogP contribution < -0.4 is 18.9 Å². The highest BCUT2D eigenvalue weighted by Gasteiger charge is 2.34. The SMILES string of the molecule is COc1cc2c(cc1OC)Oc1c(OCC(C)C)ccc3c1C(C2)N(C)CC3. The minimum atomic E-state index is 0.251. The normalized spacial score (nSPS) is 18.0. The van der Waals surface area contributed by atoms with Crippen LogP contribution in [0.4, 0.5) is 0 Å². The zero-order chi connectivity index (χ0) is 19.8. The van der Waals surface area contributed by atoms with Crippen molar-refractivity contribution >= 4 is 0 Å². The largest absolute Gasteiger partial charge is 0.493 e. The van der Waals surface area contributed by atoms with Crippen molar-refractivity contribution in [2.75, 3.05) is 34.4 Å². The van der Waals surface area contributed by atoms with Gasteiger partial charge in [-0.2, -0.15) is 0 Å². The molecule has 0 saturated heterocycles. The third-order valence-electron chi connectivity index (χ3n) is 5.61. The quantitative estimate of drug-likeness (QED) is 0.754. The molecule has 0 N–H and O–H groups in total. The van der Waals surface area contributed by atoms with Crippen LogP contribution in [0.25, 0.3) is 0 Å². The average molecular weight is 383 g/mol. The first kappa shape index (κ1) is 18.9. The number of benzene rings is 2. The summed E-state index contributed by atoms with van der Waals surface area (Å²) in [5.41, 5.74) is 3.72. The maximum absolute atomic E-state index is 6.52. The lowest BCUT2D eigenvalue weighted by Gasteiger charge is -2.34. The second kappa shape index (κ2) is 7.55. The fourth-order valence-electron chi connectivity index (χ4n) is 4.09. The van der Waals surface area contributed by atoms with Gasteiger partial charge in [0.2, 0.25) is 0 Å². The molecule has 5 nitrogen and oxygen atoms in total. The smallest absolute Gasteiger partial charge is 0.174 e. The van der Waals surface area contributed by atoms with E-state index in [1.807, 2.05) is 12.1 Å². The highest BCUT2D eigenvalue weighted by Crippen LogP contribution is 2.50. The predicted molar refractivity (Wildman–Crippen MR) is 109 cm³/mol. The van der Waals surface area contributed by atoms with E-state index in [1.54, 1.807) is 14.2 Å². The van der Waals surface area contributed by atoms with E-state index in [0.29, 0.717) is 18.3 Å². The van der Waals surface area contributed by atoms with E-state index < -0.39 is 0 Å².